The van der Waals surface area contributed by atoms with Crippen LogP contribution in [0.4, 0.5) is 11.1 Å². The molecule has 1 N–H and O–H groups in total. The first-order chi connectivity index (χ1) is 14.7. The van der Waals surface area contributed by atoms with Crippen molar-refractivity contribution in [1.82, 2.24) is 29.1 Å². The molecule has 0 amide bonds. The van der Waals surface area contributed by atoms with Crippen molar-refractivity contribution in [2.45, 2.75) is 19.8 Å². The van der Waals surface area contributed by atoms with Crippen molar-refractivity contribution >= 4 is 33.6 Å². The Bertz CT molecular complexity index is 1210. The van der Waals surface area contributed by atoms with E-state index in [9.17, 15) is 4.79 Å². The van der Waals surface area contributed by atoms with Crippen molar-refractivity contribution in [2.24, 2.45) is 0 Å². The number of aryl methyl sites for hydroxylation is 1. The lowest BCUT2D eigenvalue weighted by Gasteiger charge is -2.21. The third-order valence-corrected chi connectivity index (χ3v) is 6.08. The van der Waals surface area contributed by atoms with Crippen LogP contribution in [-0.2, 0) is 6.42 Å². The van der Waals surface area contributed by atoms with Gasteiger partial charge >= 0.3 is 0 Å². The molecule has 9 nitrogen and oxygen atoms in total. The number of aromatic amines is 1. The van der Waals surface area contributed by atoms with Gasteiger partial charge in [0.15, 0.2) is 5.65 Å². The molecule has 154 valence electrons. The predicted molar refractivity (Wildman–Crippen MR) is 118 cm³/mol. The average molecular weight is 423 g/mol. The number of nitrogens with one attached hydrogen (secondary N) is 1. The van der Waals surface area contributed by atoms with Crippen LogP contribution in [-0.4, -0.2) is 55.3 Å². The summed E-state index contributed by atoms with van der Waals surface area (Å²) >= 11 is 1.45. The highest BCUT2D eigenvalue weighted by Gasteiger charge is 2.21. The van der Waals surface area contributed by atoms with E-state index in [1.165, 1.54) is 11.5 Å². The van der Waals surface area contributed by atoms with Gasteiger partial charge in [-0.15, -0.1) is 0 Å². The fraction of sp³-hybridized carbons (Fsp3) is 0.350. The fourth-order valence-electron chi connectivity index (χ4n) is 3.65. The first-order valence-corrected chi connectivity index (χ1v) is 10.9. The topological polar surface area (TPSA) is 95.8 Å². The van der Waals surface area contributed by atoms with Crippen LogP contribution in [0.3, 0.4) is 0 Å². The molecule has 10 heteroatoms. The van der Waals surface area contributed by atoms with Crippen LogP contribution in [0.2, 0.25) is 0 Å². The molecule has 1 aliphatic rings. The normalized spacial score (nSPS) is 15.0. The molecule has 4 aromatic rings. The molecule has 0 bridgehead atoms. The van der Waals surface area contributed by atoms with E-state index in [-0.39, 0.29) is 5.56 Å². The average Bonchev–Trinajstić information content (AvgIpc) is 3.36. The summed E-state index contributed by atoms with van der Waals surface area (Å²) in [6, 6.07) is 9.73. The molecule has 1 fully saturated rings. The van der Waals surface area contributed by atoms with E-state index in [1.54, 1.807) is 10.9 Å². The Labute approximate surface area is 177 Å². The molecule has 0 radical (unpaired) electrons. The molecule has 30 heavy (non-hydrogen) atoms. The van der Waals surface area contributed by atoms with E-state index in [1.807, 2.05) is 30.3 Å². The Morgan fingerprint density at radius 1 is 1.07 bits per heavy atom. The van der Waals surface area contributed by atoms with Gasteiger partial charge in [0.1, 0.15) is 11.2 Å². The van der Waals surface area contributed by atoms with Crippen LogP contribution < -0.4 is 15.4 Å². The third-order valence-electron chi connectivity index (χ3n) is 5.27. The molecule has 0 unspecified atom stereocenters. The monoisotopic (exact) mass is 422 g/mol. The molecular weight excluding hydrogens is 400 g/mol. The fourth-order valence-corrected chi connectivity index (χ4v) is 4.45. The number of H-pyrrole nitrogens is 1. The summed E-state index contributed by atoms with van der Waals surface area (Å²) in [6.07, 6.45) is 3.36. The second-order valence-electron chi connectivity index (χ2n) is 7.19. The Balaban J connectivity index is 1.44. The van der Waals surface area contributed by atoms with Crippen molar-refractivity contribution in [2.75, 3.05) is 36.0 Å². The summed E-state index contributed by atoms with van der Waals surface area (Å²) in [5, 5.41) is 5.84. The molecule has 0 spiro atoms. The van der Waals surface area contributed by atoms with Gasteiger partial charge in [0.2, 0.25) is 11.1 Å². The first-order valence-electron chi connectivity index (χ1n) is 10.1. The zero-order valence-corrected chi connectivity index (χ0v) is 17.5. The van der Waals surface area contributed by atoms with Crippen LogP contribution in [0, 0.1) is 0 Å². The number of anilines is 2. The van der Waals surface area contributed by atoms with Crippen LogP contribution >= 0.6 is 11.5 Å². The van der Waals surface area contributed by atoms with Crippen molar-refractivity contribution in [1.29, 1.82) is 0 Å². The Kier molecular flexibility index (Phi) is 4.91. The SMILES string of the molecule is CCc1nsc(N2CCCN(c3nc4c(cnn4-c4ccccc4)c(=O)[nH]3)CC2)n1. The zero-order valence-electron chi connectivity index (χ0n) is 16.7. The lowest BCUT2D eigenvalue weighted by molar-refractivity contribution is 0.779. The molecule has 5 rings (SSSR count). The third kappa shape index (κ3) is 3.43. The van der Waals surface area contributed by atoms with E-state index >= 15 is 0 Å². The van der Waals surface area contributed by atoms with Crippen LogP contribution in [0.25, 0.3) is 16.7 Å². The molecule has 1 aliphatic heterocycles. The van der Waals surface area contributed by atoms with Gasteiger partial charge < -0.3 is 9.80 Å². The Morgan fingerprint density at radius 3 is 2.67 bits per heavy atom. The number of nitrogens with zero attached hydrogens (tertiary/aromatic N) is 7. The van der Waals surface area contributed by atoms with Gasteiger partial charge in [-0.25, -0.2) is 9.67 Å². The largest absolute Gasteiger partial charge is 0.345 e. The molecule has 0 atom stereocenters. The van der Waals surface area contributed by atoms with Gasteiger partial charge in [-0.2, -0.15) is 14.5 Å². The summed E-state index contributed by atoms with van der Waals surface area (Å²) < 4.78 is 6.12. The van der Waals surface area contributed by atoms with Crippen LogP contribution in [0.5, 0.6) is 0 Å². The molecule has 3 aromatic heterocycles. The van der Waals surface area contributed by atoms with Crippen LogP contribution in [0.1, 0.15) is 19.2 Å². The summed E-state index contributed by atoms with van der Waals surface area (Å²) in [7, 11) is 0. The van der Waals surface area contributed by atoms with Gasteiger partial charge in [-0.3, -0.25) is 9.78 Å². The van der Waals surface area contributed by atoms with Gasteiger partial charge in [0, 0.05) is 44.1 Å². The maximum Gasteiger partial charge on any atom is 0.263 e. The molecular formula is C20H22N8OS. The smallest absolute Gasteiger partial charge is 0.263 e. The quantitative estimate of drug-likeness (QED) is 0.539. The van der Waals surface area contributed by atoms with Gasteiger partial charge in [-0.1, -0.05) is 25.1 Å². The minimum atomic E-state index is -0.171. The zero-order chi connectivity index (χ0) is 20.5. The van der Waals surface area contributed by atoms with E-state index in [0.717, 1.165) is 55.7 Å². The Morgan fingerprint density at radius 2 is 1.87 bits per heavy atom. The van der Waals surface area contributed by atoms with E-state index in [2.05, 4.69) is 36.2 Å². The molecule has 4 heterocycles. The lowest BCUT2D eigenvalue weighted by Crippen LogP contribution is -2.32. The van der Waals surface area contributed by atoms with Gasteiger partial charge in [0.25, 0.3) is 5.56 Å². The van der Waals surface area contributed by atoms with E-state index in [0.29, 0.717) is 17.0 Å². The summed E-state index contributed by atoms with van der Waals surface area (Å²) in [5.41, 5.74) is 1.27. The van der Waals surface area contributed by atoms with Crippen molar-refractivity contribution in [3.05, 3.63) is 52.7 Å². The number of hydrogen-bond acceptors (Lipinski definition) is 8. The number of benzene rings is 1. The number of aromatic nitrogens is 6. The van der Waals surface area contributed by atoms with Crippen molar-refractivity contribution in [3.63, 3.8) is 0 Å². The highest BCUT2D eigenvalue weighted by Crippen LogP contribution is 2.21. The first kappa shape index (κ1) is 18.7. The number of para-hydroxylation sites is 1. The number of fused-ring (bicyclic) bond motifs is 1. The minimum Gasteiger partial charge on any atom is -0.345 e. The Hall–Kier alpha value is -3.27. The second-order valence-corrected chi connectivity index (χ2v) is 7.92. The predicted octanol–water partition coefficient (Wildman–Crippen LogP) is 2.24. The van der Waals surface area contributed by atoms with E-state index < -0.39 is 0 Å². The molecule has 0 aliphatic carbocycles. The van der Waals surface area contributed by atoms with Gasteiger partial charge in [-0.05, 0) is 18.6 Å². The number of rotatable bonds is 4. The maximum absolute atomic E-state index is 12.7. The van der Waals surface area contributed by atoms with Crippen molar-refractivity contribution in [3.8, 4) is 5.69 Å². The lowest BCUT2D eigenvalue weighted by atomic mass is 10.3. The molecule has 1 saturated heterocycles. The van der Waals surface area contributed by atoms with Crippen LogP contribution in [0.15, 0.2) is 41.3 Å². The summed E-state index contributed by atoms with van der Waals surface area (Å²) in [6.45, 7) is 5.33. The second kappa shape index (κ2) is 7.86. The van der Waals surface area contributed by atoms with Crippen molar-refractivity contribution < 1.29 is 0 Å². The highest BCUT2D eigenvalue weighted by molar-refractivity contribution is 7.09. The number of hydrogen-bond donors (Lipinski definition) is 1. The molecule has 0 saturated carbocycles. The van der Waals surface area contributed by atoms with Gasteiger partial charge in [0.05, 0.1) is 11.9 Å². The summed E-state index contributed by atoms with van der Waals surface area (Å²) in [4.78, 5) is 29.4. The highest BCUT2D eigenvalue weighted by atomic mass is 32.1. The standard InChI is InChI=1S/C20H22N8OS/c1-2-16-22-20(30-25-16)27-10-6-9-26(11-12-27)19-23-17-15(18(29)24-19)13-21-28(17)14-7-4-3-5-8-14/h3-5,7-8,13H,2,6,9-12H2,1H3,(H,23,24,29). The molecule has 1 aromatic carbocycles. The minimum absolute atomic E-state index is 0.171. The maximum atomic E-state index is 12.7. The van der Waals surface area contributed by atoms with E-state index in [4.69, 9.17) is 4.98 Å². The summed E-state index contributed by atoms with van der Waals surface area (Å²) in [5.74, 6) is 1.47.